The monoisotopic (exact) mass is 1940 g/mol. The minimum absolute atomic E-state index is 0.467. The van der Waals surface area contributed by atoms with Crippen LogP contribution in [0.3, 0.4) is 0 Å². The van der Waals surface area contributed by atoms with Crippen molar-refractivity contribution in [3.05, 3.63) is 356 Å². The molecule has 1 unspecified atom stereocenters. The zero-order valence-corrected chi connectivity index (χ0v) is 89.3. The van der Waals surface area contributed by atoms with Gasteiger partial charge in [-0.15, -0.1) is 0 Å². The third-order valence-electron chi connectivity index (χ3n) is 30.7. The van der Waals surface area contributed by atoms with E-state index in [4.69, 9.17) is 27.6 Å². The largest absolute Gasteiger partial charge is 0.437 e. The summed E-state index contributed by atoms with van der Waals surface area (Å²) in [4.78, 5) is 23.2. The van der Waals surface area contributed by atoms with Crippen molar-refractivity contribution in [2.75, 3.05) is 0 Å². The molecule has 25 rings (SSSR count). The number of fused-ring (bicyclic) bond motifs is 20. The van der Waals surface area contributed by atoms with Crippen molar-refractivity contribution in [3.8, 4) is 56.3 Å². The highest BCUT2D eigenvalue weighted by Crippen LogP contribution is 2.48. The van der Waals surface area contributed by atoms with Crippen LogP contribution in [0.5, 0.6) is 0 Å². The molecule has 1 atom stereocenters. The fourth-order valence-corrected chi connectivity index (χ4v) is 21.8. The van der Waals surface area contributed by atoms with Crippen LogP contribution < -0.4 is 22.8 Å². The van der Waals surface area contributed by atoms with E-state index in [1.807, 2.05) is 78.2 Å². The number of aromatic nitrogens is 10. The van der Waals surface area contributed by atoms with Crippen molar-refractivity contribution < 1.29 is 50.4 Å². The average Bonchev–Trinajstić information content (AvgIpc) is 1.68. The zero-order chi connectivity index (χ0) is 107. The van der Waals surface area contributed by atoms with Crippen LogP contribution in [0.4, 0.5) is 0 Å². The van der Waals surface area contributed by atoms with Gasteiger partial charge in [0.1, 0.15) is 35.2 Å². The van der Waals surface area contributed by atoms with Crippen molar-refractivity contribution in [2.24, 2.45) is 35.2 Å². The summed E-state index contributed by atoms with van der Waals surface area (Å²) in [5.74, 6) is -0.693. The number of aryl methyl sites for hydroxylation is 16. The Balaban J connectivity index is 0.000000110. The molecule has 25 aromatic rings. The van der Waals surface area contributed by atoms with Crippen LogP contribution in [0.1, 0.15) is 184 Å². The Morgan fingerprint density at radius 3 is 0.871 bits per heavy atom. The smallest absolute Gasteiger partial charge is 0.227 e. The summed E-state index contributed by atoms with van der Waals surface area (Å²) < 4.78 is 74.8. The first kappa shape index (κ1) is 92.1. The third-order valence-corrected chi connectivity index (χ3v) is 30.7. The molecule has 0 aliphatic rings. The lowest BCUT2D eigenvalue weighted by Crippen LogP contribution is -2.32. The Labute approximate surface area is 864 Å². The third kappa shape index (κ3) is 17.2. The Morgan fingerprint density at radius 2 is 0.558 bits per heavy atom. The lowest BCUT2D eigenvalue weighted by atomic mass is 9.92. The second-order valence-electron chi connectivity index (χ2n) is 41.4. The lowest BCUT2D eigenvalue weighted by molar-refractivity contribution is -0.659. The number of pyridine rings is 10. The Kier molecular flexibility index (Phi) is 23.9. The Bertz CT molecular complexity index is 9740. The van der Waals surface area contributed by atoms with Gasteiger partial charge in [0.25, 0.3) is 0 Å². The first-order chi connectivity index (χ1) is 72.1. The fourth-order valence-electron chi connectivity index (χ4n) is 21.8. The predicted octanol–water partition coefficient (Wildman–Crippen LogP) is 32.1. The first-order valence-electron chi connectivity index (χ1n) is 53.2. The molecule has 0 N–H and O–H groups in total. The summed E-state index contributed by atoms with van der Waals surface area (Å²) in [5.41, 5.74) is 42.1. The van der Waals surface area contributed by atoms with E-state index in [9.17, 15) is 0 Å². The molecule has 0 bridgehead atoms. The van der Waals surface area contributed by atoms with Gasteiger partial charge in [-0.2, -0.15) is 4.57 Å². The van der Waals surface area contributed by atoms with Crippen molar-refractivity contribution in [1.29, 1.82) is 0 Å². The average molecular weight is 1940 g/mol. The van der Waals surface area contributed by atoms with Crippen molar-refractivity contribution in [3.63, 3.8) is 0 Å². The number of rotatable bonds is 10. The van der Waals surface area contributed by atoms with E-state index < -0.39 is 12.7 Å². The van der Waals surface area contributed by atoms with E-state index in [-0.39, 0.29) is 0 Å². The molecule has 15 heterocycles. The van der Waals surface area contributed by atoms with E-state index in [0.29, 0.717) is 46.0 Å². The van der Waals surface area contributed by atoms with E-state index in [2.05, 4.69) is 386 Å². The van der Waals surface area contributed by atoms with E-state index >= 15 is 0 Å². The highest BCUT2D eigenvalue weighted by molar-refractivity contribution is 6.17. The van der Waals surface area contributed by atoms with Crippen LogP contribution >= 0.6 is 0 Å². The standard InChI is InChI=1S/4C27H27N2O.C24H21N2O/c3*1-15(2)19-8-10-21-20(14-19)11-12-29(6)25(21)24-18(5)16(3)13-23-22-9-7-17(4)28-27(22)30-26(23)24;1-6-7-19-9-11-21-20(15-19)12-13-29(5)25(21)24-18(4)16(2)14-23-22-10-8-17(3)28-27(22)30-26(23)24;1-14-13-19-18-11-9-15(2)25-24(18)27-23(19)22(16(14)3)21-12-10-17-7-5-6-8-20(17)26(21)4/h3*7-15H,1-6H3;8-15H,6-7H2,1-5H3;5-13H,1-4H3/q5*+1/i1D3,15D;;;;. The van der Waals surface area contributed by atoms with Crippen LogP contribution in [0, 0.1) is 104 Å². The van der Waals surface area contributed by atoms with Gasteiger partial charge < -0.3 is 22.1 Å². The highest BCUT2D eigenvalue weighted by Gasteiger charge is 2.33. The van der Waals surface area contributed by atoms with Gasteiger partial charge in [-0.3, -0.25) is 0 Å². The summed E-state index contributed by atoms with van der Waals surface area (Å²) in [7, 11) is 10.5. The molecule has 10 aromatic carbocycles. The summed E-state index contributed by atoms with van der Waals surface area (Å²) in [6.45, 7) is 41.8. The molecule has 15 nitrogen and oxygen atoms in total. The Morgan fingerprint density at radius 1 is 0.279 bits per heavy atom. The summed E-state index contributed by atoms with van der Waals surface area (Å²) >= 11 is 0. The number of benzene rings is 10. The second kappa shape index (κ2) is 38.2. The first-order valence-corrected chi connectivity index (χ1v) is 51.2. The molecule has 0 aliphatic heterocycles. The van der Waals surface area contributed by atoms with Crippen LogP contribution in [-0.2, 0) is 41.7 Å². The quantitative estimate of drug-likeness (QED) is 0.121. The summed E-state index contributed by atoms with van der Waals surface area (Å²) in [5, 5.41) is 21.4. The van der Waals surface area contributed by atoms with E-state index in [1.165, 1.54) is 128 Å². The maximum atomic E-state index is 8.51. The SMILES string of the molecule is CCCc1ccc2c(-c3c(C)c(C)cc4c3oc3nc(C)ccc34)[n+](C)ccc2c1.Cc1ccc2c(n1)oc1c(-c3c4ccc(C(C)C)cc4cc[n+]3C)c(C)c(C)cc12.Cc1ccc2c(n1)oc1c(-c3c4ccc(C(C)C)cc4cc[n+]3C)c(C)c(C)cc12.Cc1ccc2c(n1)oc1c(-c3ccc4ccccc4[n+]3C)c(C)c(C)cc12.[2H]C([2H])([2H])C([2H])(C)c1ccc2c(-c3c(C)c(C)cc4c3oc3nc(C)ccc34)[n+](C)ccc2c1. The molecule has 0 fully saturated rings. The lowest BCUT2D eigenvalue weighted by Gasteiger charge is -2.12. The highest BCUT2D eigenvalue weighted by atomic mass is 16.4. The number of furan rings is 5. The summed E-state index contributed by atoms with van der Waals surface area (Å²) in [6, 6.07) is 79.3. The van der Waals surface area contributed by atoms with Gasteiger partial charge in [-0.25, -0.2) is 43.2 Å². The van der Waals surface area contributed by atoms with Gasteiger partial charge in [0.05, 0.1) is 49.4 Å². The normalized spacial score (nSPS) is 12.8. The molecule has 0 saturated heterocycles. The second-order valence-corrected chi connectivity index (χ2v) is 41.4. The van der Waals surface area contributed by atoms with Crippen molar-refractivity contribution in [2.45, 2.75) is 183 Å². The van der Waals surface area contributed by atoms with Crippen LogP contribution in [0.25, 0.3) is 221 Å². The molecule has 147 heavy (non-hydrogen) atoms. The van der Waals surface area contributed by atoms with Gasteiger partial charge in [-0.1, -0.05) is 115 Å². The molecule has 0 amide bonds. The van der Waals surface area contributed by atoms with E-state index in [1.54, 1.807) is 6.07 Å². The topological polar surface area (TPSA) is 150 Å². The number of hydrogen-bond acceptors (Lipinski definition) is 10. The van der Waals surface area contributed by atoms with Gasteiger partial charge in [0.2, 0.25) is 62.6 Å². The molecule has 0 aliphatic carbocycles. The number of nitrogens with zero attached hydrogens (tertiary/aromatic N) is 10. The maximum Gasteiger partial charge on any atom is 0.227 e. The molecule has 15 aromatic heterocycles. The Hall–Kier alpha value is -16.0. The van der Waals surface area contributed by atoms with E-state index in [0.717, 1.165) is 184 Å². The number of para-hydroxylation sites is 1. The summed E-state index contributed by atoms with van der Waals surface area (Å²) in [6.07, 6.45) is 10.7. The maximum absolute atomic E-state index is 8.51. The minimum Gasteiger partial charge on any atom is -0.437 e. The molecule has 0 radical (unpaired) electrons. The predicted molar refractivity (Wildman–Crippen MR) is 605 cm³/mol. The van der Waals surface area contributed by atoms with Crippen molar-refractivity contribution >= 4 is 164 Å². The molecule has 0 spiro atoms. The van der Waals surface area contributed by atoms with Crippen molar-refractivity contribution in [1.82, 2.24) is 24.9 Å². The van der Waals surface area contributed by atoms with Gasteiger partial charge in [-0.05, 0) is 355 Å². The van der Waals surface area contributed by atoms with Gasteiger partial charge in [0.15, 0.2) is 52.7 Å². The number of hydrogen-bond donors (Lipinski definition) is 0. The minimum atomic E-state index is -2.43. The van der Waals surface area contributed by atoms with Crippen LogP contribution in [0.2, 0.25) is 0 Å². The van der Waals surface area contributed by atoms with Gasteiger partial charge >= 0.3 is 0 Å². The molecule has 15 heteroatoms. The fraction of sp³-hybridized carbons (Fsp3) is 0.242. The van der Waals surface area contributed by atoms with Crippen LogP contribution in [-0.4, -0.2) is 24.9 Å². The molecular formula is C132H129N10O5+5. The molecular weight excluding hydrogens is 1810 g/mol. The van der Waals surface area contributed by atoms with Gasteiger partial charge in [0, 0.05) is 130 Å². The molecule has 0 saturated carbocycles. The van der Waals surface area contributed by atoms with Crippen LogP contribution in [0.15, 0.2) is 271 Å². The zero-order valence-electron chi connectivity index (χ0n) is 93.3. The molecule has 732 valence electrons.